The lowest BCUT2D eigenvalue weighted by atomic mass is 9.80. The Labute approximate surface area is 334 Å². The molecule has 302 valence electrons. The molecule has 3 aliphatic carbocycles. The van der Waals surface area contributed by atoms with Crippen molar-refractivity contribution < 1.29 is 4.79 Å². The van der Waals surface area contributed by atoms with E-state index in [0.29, 0.717) is 29.7 Å². The first-order valence-corrected chi connectivity index (χ1v) is 21.5. The van der Waals surface area contributed by atoms with Gasteiger partial charge < -0.3 is 31.5 Å². The summed E-state index contributed by atoms with van der Waals surface area (Å²) in [4.78, 5) is 17.9. The van der Waals surface area contributed by atoms with Crippen LogP contribution in [0, 0.1) is 23.2 Å². The Bertz CT molecular complexity index is 1610. The third-order valence-corrected chi connectivity index (χ3v) is 13.8. The molecule has 1 aromatic rings. The molecule has 1 aromatic carbocycles. The number of nitrogens with two attached hydrogens (primary N) is 1. The summed E-state index contributed by atoms with van der Waals surface area (Å²) in [5.41, 5.74) is 13.5. The van der Waals surface area contributed by atoms with Crippen LogP contribution in [-0.4, -0.2) is 52.3 Å². The molecule has 1 heterocycles. The maximum absolute atomic E-state index is 12.7. The van der Waals surface area contributed by atoms with Crippen molar-refractivity contribution >= 4 is 5.78 Å². The van der Waals surface area contributed by atoms with Crippen LogP contribution in [0.1, 0.15) is 131 Å². The van der Waals surface area contributed by atoms with Crippen molar-refractivity contribution in [1.82, 2.24) is 25.8 Å². The molecular formula is C48H74N6O. The van der Waals surface area contributed by atoms with Crippen molar-refractivity contribution in [2.45, 2.75) is 149 Å². The van der Waals surface area contributed by atoms with Gasteiger partial charge in [0.05, 0.1) is 24.4 Å². The summed E-state index contributed by atoms with van der Waals surface area (Å²) < 4.78 is 0. The van der Waals surface area contributed by atoms with Crippen LogP contribution in [0.4, 0.5) is 0 Å². The van der Waals surface area contributed by atoms with Gasteiger partial charge in [-0.05, 0) is 106 Å². The SMILES string of the molecule is C=C(C(=CC)NCC(=CCC)NC(C(C)=O)c1ccccc1)C(C)NC(=C)C1[C@@H](C(C)C)CCN1C(=C)C(C1CCCCC1)N(C(=C)N)C1(CC)CC12CC2. The number of benzene rings is 1. The number of carbonyl (C=O) groups excluding carboxylic acids is 1. The van der Waals surface area contributed by atoms with Gasteiger partial charge in [0.2, 0.25) is 0 Å². The monoisotopic (exact) mass is 751 g/mol. The molecule has 5 unspecified atom stereocenters. The molecule has 7 heteroatoms. The second-order valence-electron chi connectivity index (χ2n) is 17.6. The average Bonchev–Trinajstić information content (AvgIpc) is 4.03. The molecule has 5 N–H and O–H groups in total. The largest absolute Gasteiger partial charge is 0.386 e. The fourth-order valence-electron chi connectivity index (χ4n) is 10.5. The van der Waals surface area contributed by atoms with Gasteiger partial charge in [0, 0.05) is 40.9 Å². The Morgan fingerprint density at radius 3 is 2.22 bits per heavy atom. The topological polar surface area (TPSA) is 85.7 Å². The minimum Gasteiger partial charge on any atom is -0.386 e. The number of nitrogens with zero attached hydrogens (tertiary/aromatic N) is 2. The van der Waals surface area contributed by atoms with Gasteiger partial charge in [-0.3, -0.25) is 4.79 Å². The predicted octanol–water partition coefficient (Wildman–Crippen LogP) is 9.62. The number of ketones is 1. The number of allylic oxidation sites excluding steroid dienone is 2. The highest BCUT2D eigenvalue weighted by molar-refractivity contribution is 5.83. The number of carbonyl (C=O) groups is 1. The van der Waals surface area contributed by atoms with Crippen molar-refractivity contribution in [3.63, 3.8) is 0 Å². The molecule has 7 nitrogen and oxygen atoms in total. The van der Waals surface area contributed by atoms with Crippen molar-refractivity contribution in [3.8, 4) is 0 Å². The third kappa shape index (κ3) is 8.92. The smallest absolute Gasteiger partial charge is 0.156 e. The van der Waals surface area contributed by atoms with Crippen molar-refractivity contribution in [3.05, 3.63) is 109 Å². The summed E-state index contributed by atoms with van der Waals surface area (Å²) in [6.45, 7) is 35.4. The number of rotatable bonds is 21. The molecule has 0 amide bonds. The first-order chi connectivity index (χ1) is 26.3. The summed E-state index contributed by atoms with van der Waals surface area (Å²) in [7, 11) is 0. The number of hydrogen-bond acceptors (Lipinski definition) is 7. The van der Waals surface area contributed by atoms with Crippen LogP contribution in [0.2, 0.25) is 0 Å². The lowest BCUT2D eigenvalue weighted by Gasteiger charge is -2.49. The Morgan fingerprint density at radius 1 is 1.02 bits per heavy atom. The second-order valence-corrected chi connectivity index (χ2v) is 17.6. The molecule has 3 saturated carbocycles. The molecular weight excluding hydrogens is 677 g/mol. The number of nitrogens with one attached hydrogen (secondary N) is 3. The summed E-state index contributed by atoms with van der Waals surface area (Å²) in [5.74, 6) is 2.25. The van der Waals surface area contributed by atoms with E-state index in [1.54, 1.807) is 6.92 Å². The predicted molar refractivity (Wildman–Crippen MR) is 231 cm³/mol. The molecule has 0 bridgehead atoms. The maximum atomic E-state index is 12.7. The maximum Gasteiger partial charge on any atom is 0.156 e. The van der Waals surface area contributed by atoms with Crippen LogP contribution in [0.3, 0.4) is 0 Å². The Hall–Kier alpha value is -3.87. The summed E-state index contributed by atoms with van der Waals surface area (Å²) >= 11 is 0. The normalized spacial score (nSPS) is 25.2. The zero-order chi connectivity index (χ0) is 40.1. The standard InChI is InChI=1S/C48H74N6O/c1-12-21-41(52-44(37(10)55)39-22-17-15-18-23-39)30-50-43(13-2)33(6)34(7)51-35(8)45-42(32(4)5)26-29-53(45)36(9)46(40-24-19-16-20-25-40)54(38(11)49)48(14-3)31-47(48)27-28-47/h13,15,17-18,21-23,32,34,40,42,44-46,50-52H,6,8-9,11-12,14,16,19-20,24-31,49H2,1-5,7,10H3/t34?,42-,44?,45?,46?,48?/m1/s1. The lowest BCUT2D eigenvalue weighted by molar-refractivity contribution is -0.118. The summed E-state index contributed by atoms with van der Waals surface area (Å²) in [6, 6.07) is 9.72. The molecule has 55 heavy (non-hydrogen) atoms. The summed E-state index contributed by atoms with van der Waals surface area (Å²) in [5, 5.41) is 11.0. The summed E-state index contributed by atoms with van der Waals surface area (Å²) in [6.07, 6.45) is 17.4. The van der Waals surface area contributed by atoms with Gasteiger partial charge in [0.25, 0.3) is 0 Å². The van der Waals surface area contributed by atoms with E-state index in [2.05, 4.69) is 85.7 Å². The fourth-order valence-corrected chi connectivity index (χ4v) is 10.5. The van der Waals surface area contributed by atoms with Gasteiger partial charge >= 0.3 is 0 Å². The quantitative estimate of drug-likeness (QED) is 0.0932. The molecule has 4 aliphatic rings. The first-order valence-electron chi connectivity index (χ1n) is 21.5. The minimum atomic E-state index is -0.403. The molecule has 0 radical (unpaired) electrons. The molecule has 1 aliphatic heterocycles. The van der Waals surface area contributed by atoms with E-state index >= 15 is 0 Å². The first kappa shape index (κ1) is 42.3. The zero-order valence-corrected chi connectivity index (χ0v) is 35.5. The highest BCUT2D eigenvalue weighted by Gasteiger charge is 2.76. The van der Waals surface area contributed by atoms with Gasteiger partial charge in [0.1, 0.15) is 6.04 Å². The number of Topliss-reactive ketones (excluding diaryl/α,β-unsaturated/α-hetero) is 1. The van der Waals surface area contributed by atoms with Gasteiger partial charge in [0.15, 0.2) is 5.78 Å². The third-order valence-electron chi connectivity index (χ3n) is 13.8. The van der Waals surface area contributed by atoms with Gasteiger partial charge in [-0.15, -0.1) is 0 Å². The van der Waals surface area contributed by atoms with E-state index in [9.17, 15) is 4.79 Å². The Kier molecular flexibility index (Phi) is 13.8. The van der Waals surface area contributed by atoms with Gasteiger partial charge in [-0.1, -0.05) is 116 Å². The molecule has 0 aromatic heterocycles. The highest BCUT2D eigenvalue weighted by Crippen LogP contribution is 2.77. The van der Waals surface area contributed by atoms with Crippen LogP contribution in [0.15, 0.2) is 103 Å². The average molecular weight is 751 g/mol. The number of hydrogen-bond donors (Lipinski definition) is 4. The van der Waals surface area contributed by atoms with E-state index in [0.717, 1.165) is 59.9 Å². The fraction of sp³-hybridized carbons (Fsp3) is 0.604. The van der Waals surface area contributed by atoms with Crippen LogP contribution in [-0.2, 0) is 4.79 Å². The molecule has 5 rings (SSSR count). The number of likely N-dealkylation sites (tertiary alicyclic amines) is 1. The van der Waals surface area contributed by atoms with E-state index in [-0.39, 0.29) is 29.4 Å². The highest BCUT2D eigenvalue weighted by atomic mass is 16.1. The Balaban J connectivity index is 1.32. The Morgan fingerprint density at radius 2 is 1.69 bits per heavy atom. The van der Waals surface area contributed by atoms with E-state index < -0.39 is 6.04 Å². The van der Waals surface area contributed by atoms with Crippen LogP contribution in [0.25, 0.3) is 0 Å². The molecule has 4 fully saturated rings. The van der Waals surface area contributed by atoms with E-state index in [1.807, 2.05) is 37.3 Å². The molecule has 6 atom stereocenters. The van der Waals surface area contributed by atoms with Crippen molar-refractivity contribution in [2.24, 2.45) is 28.9 Å². The van der Waals surface area contributed by atoms with Crippen LogP contribution >= 0.6 is 0 Å². The van der Waals surface area contributed by atoms with E-state index in [4.69, 9.17) is 18.9 Å². The lowest BCUT2D eigenvalue weighted by Crippen LogP contribution is -2.55. The van der Waals surface area contributed by atoms with E-state index in [1.165, 1.54) is 57.1 Å². The van der Waals surface area contributed by atoms with Gasteiger partial charge in [-0.2, -0.15) is 0 Å². The zero-order valence-electron chi connectivity index (χ0n) is 35.5. The minimum absolute atomic E-state index is 0.0606. The van der Waals surface area contributed by atoms with Crippen LogP contribution in [0.5, 0.6) is 0 Å². The second kappa shape index (κ2) is 17.9. The molecule has 1 saturated heterocycles. The van der Waals surface area contributed by atoms with Gasteiger partial charge in [-0.25, -0.2) is 0 Å². The van der Waals surface area contributed by atoms with Crippen LogP contribution < -0.4 is 21.7 Å². The molecule has 1 spiro atoms. The van der Waals surface area contributed by atoms with Crippen molar-refractivity contribution in [1.29, 1.82) is 0 Å². The van der Waals surface area contributed by atoms with Crippen molar-refractivity contribution in [2.75, 3.05) is 13.1 Å².